The fourth-order valence-corrected chi connectivity index (χ4v) is 2.21. The van der Waals surface area contributed by atoms with Gasteiger partial charge in [-0.3, -0.25) is 0 Å². The van der Waals surface area contributed by atoms with Crippen LogP contribution in [0.5, 0.6) is 0 Å². The van der Waals surface area contributed by atoms with Gasteiger partial charge in [0.15, 0.2) is 0 Å². The van der Waals surface area contributed by atoms with Crippen molar-refractivity contribution in [1.82, 2.24) is 5.32 Å². The van der Waals surface area contributed by atoms with Crippen molar-refractivity contribution in [2.24, 2.45) is 0 Å². The lowest BCUT2D eigenvalue weighted by Crippen LogP contribution is -2.55. The van der Waals surface area contributed by atoms with Crippen LogP contribution < -0.4 is 5.32 Å². The summed E-state index contributed by atoms with van der Waals surface area (Å²) in [5.74, 6) is -0.893. The highest BCUT2D eigenvalue weighted by atomic mass is 32.1. The number of carboxylic acid groups (broad SMARTS) is 1. The number of aromatic carboxylic acids is 1. The van der Waals surface area contributed by atoms with Crippen LogP contribution in [0.4, 0.5) is 0 Å². The van der Waals surface area contributed by atoms with E-state index >= 15 is 0 Å². The molecule has 4 nitrogen and oxygen atoms in total. The van der Waals surface area contributed by atoms with Crippen molar-refractivity contribution < 1.29 is 15.0 Å². The van der Waals surface area contributed by atoms with E-state index in [1.807, 2.05) is 20.8 Å². The summed E-state index contributed by atoms with van der Waals surface area (Å²) < 4.78 is 0. The minimum atomic E-state index is -0.893. The van der Waals surface area contributed by atoms with Gasteiger partial charge in [-0.25, -0.2) is 4.79 Å². The number of hydrogen-bond acceptors (Lipinski definition) is 4. The number of aryl methyl sites for hydroxylation is 1. The molecule has 0 aliphatic heterocycles. The molecule has 1 heterocycles. The minimum Gasteiger partial charge on any atom is -0.477 e. The Morgan fingerprint density at radius 3 is 2.33 bits per heavy atom. The van der Waals surface area contributed by atoms with Gasteiger partial charge in [0.25, 0.3) is 0 Å². The molecule has 0 spiro atoms. The predicted molar refractivity (Wildman–Crippen MR) is 73.2 cm³/mol. The Balaban J connectivity index is 2.78. The van der Waals surface area contributed by atoms with Gasteiger partial charge in [0.2, 0.25) is 0 Å². The molecule has 0 saturated carbocycles. The normalized spacial score (nSPS) is 12.8. The monoisotopic (exact) mass is 271 g/mol. The van der Waals surface area contributed by atoms with Crippen molar-refractivity contribution in [1.29, 1.82) is 0 Å². The lowest BCUT2D eigenvalue weighted by molar-refractivity contribution is -0.00533. The van der Waals surface area contributed by atoms with Crippen LogP contribution in [-0.4, -0.2) is 27.3 Å². The summed E-state index contributed by atoms with van der Waals surface area (Å²) in [6, 6.07) is 1.69. The number of nitrogens with one attached hydrogen (secondary N) is 1. The van der Waals surface area contributed by atoms with Crippen molar-refractivity contribution in [3.05, 3.63) is 21.4 Å². The second-order valence-corrected chi connectivity index (χ2v) is 6.79. The van der Waals surface area contributed by atoms with Gasteiger partial charge in [0.05, 0.1) is 5.60 Å². The summed E-state index contributed by atoms with van der Waals surface area (Å²) in [5, 5.41) is 22.2. The summed E-state index contributed by atoms with van der Waals surface area (Å²) in [6.45, 7) is 9.81. The van der Waals surface area contributed by atoms with Crippen molar-refractivity contribution in [2.75, 3.05) is 0 Å². The van der Waals surface area contributed by atoms with Gasteiger partial charge >= 0.3 is 5.97 Å². The molecule has 0 bridgehead atoms. The Morgan fingerprint density at radius 1 is 1.39 bits per heavy atom. The van der Waals surface area contributed by atoms with Gasteiger partial charge in [-0.2, -0.15) is 0 Å². The molecule has 102 valence electrons. The van der Waals surface area contributed by atoms with Crippen molar-refractivity contribution >= 4 is 17.3 Å². The summed E-state index contributed by atoms with van der Waals surface area (Å²) in [5.41, 5.74) is -0.341. The van der Waals surface area contributed by atoms with Gasteiger partial charge in [-0.1, -0.05) is 0 Å². The fraction of sp³-hybridized carbons (Fsp3) is 0.615. The lowest BCUT2D eigenvalue weighted by atomic mass is 9.86. The van der Waals surface area contributed by atoms with Gasteiger partial charge in [-0.05, 0) is 46.2 Å². The summed E-state index contributed by atoms with van der Waals surface area (Å²) >= 11 is 1.28. The Morgan fingerprint density at radius 2 is 1.94 bits per heavy atom. The molecule has 0 radical (unpaired) electrons. The van der Waals surface area contributed by atoms with Crippen LogP contribution in [0.15, 0.2) is 6.07 Å². The Labute approximate surface area is 112 Å². The molecule has 0 atom stereocenters. The molecular formula is C13H21NO3S. The van der Waals surface area contributed by atoms with Gasteiger partial charge in [-0.15, -0.1) is 11.3 Å². The maximum atomic E-state index is 10.9. The zero-order chi connectivity index (χ0) is 14.1. The van der Waals surface area contributed by atoms with Crippen LogP contribution in [0.2, 0.25) is 0 Å². The molecule has 0 aliphatic carbocycles. The molecule has 0 unspecified atom stereocenters. The summed E-state index contributed by atoms with van der Waals surface area (Å²) in [4.78, 5) is 12.2. The van der Waals surface area contributed by atoms with E-state index in [4.69, 9.17) is 5.11 Å². The maximum Gasteiger partial charge on any atom is 0.345 e. The second-order valence-electron chi connectivity index (χ2n) is 5.53. The van der Waals surface area contributed by atoms with Gasteiger partial charge in [0.1, 0.15) is 4.88 Å². The third-order valence-electron chi connectivity index (χ3n) is 3.48. The van der Waals surface area contributed by atoms with Crippen molar-refractivity contribution in [3.8, 4) is 0 Å². The topological polar surface area (TPSA) is 69.6 Å². The molecule has 1 aromatic rings. The third-order valence-corrected chi connectivity index (χ3v) is 4.56. The summed E-state index contributed by atoms with van der Waals surface area (Å²) in [7, 11) is 0. The van der Waals surface area contributed by atoms with Gasteiger partial charge < -0.3 is 15.5 Å². The highest BCUT2D eigenvalue weighted by Gasteiger charge is 2.34. The van der Waals surface area contributed by atoms with Crippen LogP contribution in [0.1, 0.15) is 47.8 Å². The van der Waals surface area contributed by atoms with Crippen molar-refractivity contribution in [2.45, 2.75) is 52.3 Å². The smallest absolute Gasteiger partial charge is 0.345 e. The molecular weight excluding hydrogens is 250 g/mol. The molecule has 0 aromatic carbocycles. The highest BCUT2D eigenvalue weighted by Crippen LogP contribution is 2.24. The van der Waals surface area contributed by atoms with Crippen LogP contribution in [-0.2, 0) is 6.54 Å². The minimum absolute atomic E-state index is 0.352. The molecule has 18 heavy (non-hydrogen) atoms. The number of rotatable bonds is 5. The van der Waals surface area contributed by atoms with E-state index in [1.54, 1.807) is 19.9 Å². The fourth-order valence-electron chi connectivity index (χ4n) is 1.33. The maximum absolute atomic E-state index is 10.9. The number of aliphatic hydroxyl groups is 1. The van der Waals surface area contributed by atoms with E-state index in [1.165, 1.54) is 11.3 Å². The highest BCUT2D eigenvalue weighted by molar-refractivity contribution is 7.14. The van der Waals surface area contributed by atoms with Crippen molar-refractivity contribution in [3.63, 3.8) is 0 Å². The first-order chi connectivity index (χ1) is 8.04. The van der Waals surface area contributed by atoms with Crippen LogP contribution in [0.25, 0.3) is 0 Å². The van der Waals surface area contributed by atoms with Crippen LogP contribution in [0, 0.1) is 6.92 Å². The molecule has 1 rings (SSSR count). The molecule has 0 aliphatic rings. The Bertz CT molecular complexity index is 444. The average Bonchev–Trinajstić information content (AvgIpc) is 2.55. The van der Waals surface area contributed by atoms with E-state index in [0.29, 0.717) is 11.4 Å². The molecule has 5 heteroatoms. The molecule has 1 aromatic heterocycles. The standard InChI is InChI=1S/C13H21NO3S/c1-8-9(6-10(18-8)11(15)16)7-14-12(2,3)13(4,5)17/h6,14,17H,7H2,1-5H3,(H,15,16). The number of carbonyl (C=O) groups is 1. The van der Waals surface area contributed by atoms with E-state index in [9.17, 15) is 9.90 Å². The van der Waals surface area contributed by atoms with Crippen LogP contribution in [0.3, 0.4) is 0 Å². The Hall–Kier alpha value is -0.910. The third kappa shape index (κ3) is 3.31. The SMILES string of the molecule is Cc1sc(C(=O)O)cc1CNC(C)(C)C(C)(C)O. The number of thiophene rings is 1. The quantitative estimate of drug-likeness (QED) is 0.769. The molecule has 3 N–H and O–H groups in total. The van der Waals surface area contributed by atoms with E-state index in [-0.39, 0.29) is 0 Å². The van der Waals surface area contributed by atoms with Crippen LogP contribution >= 0.6 is 11.3 Å². The first kappa shape index (κ1) is 15.1. The first-order valence-corrected chi connectivity index (χ1v) is 6.66. The Kier molecular flexibility index (Phi) is 4.20. The lowest BCUT2D eigenvalue weighted by Gasteiger charge is -2.38. The molecule has 0 amide bonds. The van der Waals surface area contributed by atoms with E-state index in [2.05, 4.69) is 5.32 Å². The van der Waals surface area contributed by atoms with E-state index in [0.717, 1.165) is 10.4 Å². The largest absolute Gasteiger partial charge is 0.477 e. The first-order valence-electron chi connectivity index (χ1n) is 5.84. The molecule has 0 fully saturated rings. The molecule has 0 saturated heterocycles. The zero-order valence-electron chi connectivity index (χ0n) is 11.5. The number of hydrogen-bond donors (Lipinski definition) is 3. The van der Waals surface area contributed by atoms with E-state index < -0.39 is 17.1 Å². The second kappa shape index (κ2) is 4.99. The zero-order valence-corrected chi connectivity index (χ0v) is 12.3. The predicted octanol–water partition coefficient (Wildman–Crippen LogP) is 2.39. The number of carboxylic acids is 1. The summed E-state index contributed by atoms with van der Waals surface area (Å²) in [6.07, 6.45) is 0. The average molecular weight is 271 g/mol. The van der Waals surface area contributed by atoms with Gasteiger partial charge in [0, 0.05) is 17.0 Å².